The summed E-state index contributed by atoms with van der Waals surface area (Å²) in [6.07, 6.45) is 9.79. The van der Waals surface area contributed by atoms with E-state index in [0.29, 0.717) is 5.82 Å². The number of benzene rings is 1. The van der Waals surface area contributed by atoms with Gasteiger partial charge in [-0.3, -0.25) is 10.3 Å². The van der Waals surface area contributed by atoms with Crippen molar-refractivity contribution in [3.8, 4) is 5.75 Å². The van der Waals surface area contributed by atoms with Crippen LogP contribution in [0.25, 0.3) is 11.0 Å². The van der Waals surface area contributed by atoms with E-state index < -0.39 is 6.23 Å². The number of anilines is 1. The van der Waals surface area contributed by atoms with Gasteiger partial charge < -0.3 is 24.5 Å². The van der Waals surface area contributed by atoms with Gasteiger partial charge in [0, 0.05) is 55.7 Å². The van der Waals surface area contributed by atoms with Crippen molar-refractivity contribution in [2.75, 3.05) is 31.2 Å². The van der Waals surface area contributed by atoms with Crippen LogP contribution in [0.15, 0.2) is 36.9 Å². The van der Waals surface area contributed by atoms with Crippen molar-refractivity contribution in [2.24, 2.45) is 0 Å². The highest BCUT2D eigenvalue weighted by atomic mass is 16.5. The van der Waals surface area contributed by atoms with E-state index in [1.807, 2.05) is 0 Å². The van der Waals surface area contributed by atoms with E-state index in [0.717, 1.165) is 74.5 Å². The van der Waals surface area contributed by atoms with E-state index in [1.165, 1.54) is 0 Å². The predicted molar refractivity (Wildman–Crippen MR) is 116 cm³/mol. The molecule has 3 aromatic rings. The molecule has 0 bridgehead atoms. The van der Waals surface area contributed by atoms with Gasteiger partial charge in [-0.15, -0.1) is 0 Å². The van der Waals surface area contributed by atoms with Crippen LogP contribution in [0.5, 0.6) is 5.75 Å². The summed E-state index contributed by atoms with van der Waals surface area (Å²) in [5, 5.41) is 13.5. The molecule has 164 valence electrons. The summed E-state index contributed by atoms with van der Waals surface area (Å²) >= 11 is 0. The van der Waals surface area contributed by atoms with Gasteiger partial charge >= 0.3 is 0 Å². The van der Waals surface area contributed by atoms with Gasteiger partial charge in [0.25, 0.3) is 0 Å². The van der Waals surface area contributed by atoms with Gasteiger partial charge in [-0.1, -0.05) is 0 Å². The van der Waals surface area contributed by atoms with Crippen LogP contribution in [0.2, 0.25) is 0 Å². The zero-order valence-electron chi connectivity index (χ0n) is 17.4. The average molecular weight is 425 g/mol. The molecule has 2 aliphatic rings. The zero-order valence-corrected chi connectivity index (χ0v) is 17.4. The molecular formula is C22H28N6O3. The molecule has 1 atom stereocenters. The normalized spacial score (nSPS) is 23.1. The number of morpholine rings is 1. The van der Waals surface area contributed by atoms with E-state index in [1.54, 1.807) is 24.8 Å². The highest BCUT2D eigenvalue weighted by Crippen LogP contribution is 2.33. The maximum absolute atomic E-state index is 10.3. The molecule has 1 unspecified atom stereocenters. The summed E-state index contributed by atoms with van der Waals surface area (Å²) in [5.41, 5.74) is 2.75. The molecule has 1 aliphatic heterocycles. The lowest BCUT2D eigenvalue weighted by Gasteiger charge is -2.32. The van der Waals surface area contributed by atoms with Crippen LogP contribution in [0.3, 0.4) is 0 Å². The number of aromatic amines is 1. The van der Waals surface area contributed by atoms with Crippen LogP contribution >= 0.6 is 0 Å². The lowest BCUT2D eigenvalue weighted by atomic mass is 9.92. The van der Waals surface area contributed by atoms with Gasteiger partial charge in [0.2, 0.25) is 0 Å². The molecule has 31 heavy (non-hydrogen) atoms. The molecule has 0 amide bonds. The molecular weight excluding hydrogens is 396 g/mol. The third kappa shape index (κ3) is 4.63. The zero-order chi connectivity index (χ0) is 21.0. The van der Waals surface area contributed by atoms with E-state index in [9.17, 15) is 5.11 Å². The summed E-state index contributed by atoms with van der Waals surface area (Å²) in [7, 11) is 0. The highest BCUT2D eigenvalue weighted by Gasteiger charge is 2.26. The van der Waals surface area contributed by atoms with Crippen molar-refractivity contribution in [3.63, 3.8) is 0 Å². The number of rotatable bonds is 6. The number of nitrogens with one attached hydrogen (secondary N) is 2. The number of fused-ring (bicyclic) bond motifs is 1. The Morgan fingerprint density at radius 1 is 1.06 bits per heavy atom. The first kappa shape index (κ1) is 20.2. The van der Waals surface area contributed by atoms with E-state index in [2.05, 4.69) is 42.3 Å². The smallest absolute Gasteiger partial charge is 0.164 e. The molecule has 0 spiro atoms. The molecule has 1 aliphatic carbocycles. The van der Waals surface area contributed by atoms with E-state index in [4.69, 9.17) is 9.47 Å². The molecule has 2 aromatic heterocycles. The fourth-order valence-corrected chi connectivity index (χ4v) is 4.38. The average Bonchev–Trinajstić information content (AvgIpc) is 3.36. The Kier molecular flexibility index (Phi) is 5.97. The standard InChI is InChI=1S/C22H28N6O3/c29-22(21-25-7-8-26-21)27-15-1-3-17(4-2-15)31-19-14-16(28-9-11-30-12-10-28)13-18-20(19)24-6-5-23-18/h5-8,13-15,17,22,27,29H,1-4,9-12H2,(H,25,26). The van der Waals surface area contributed by atoms with Crippen molar-refractivity contribution < 1.29 is 14.6 Å². The first-order chi connectivity index (χ1) is 15.3. The Morgan fingerprint density at radius 2 is 1.87 bits per heavy atom. The summed E-state index contributed by atoms with van der Waals surface area (Å²) in [6.45, 7) is 3.19. The van der Waals surface area contributed by atoms with Gasteiger partial charge in [-0.2, -0.15) is 0 Å². The van der Waals surface area contributed by atoms with Crippen LogP contribution in [-0.2, 0) is 4.74 Å². The topological polar surface area (TPSA) is 108 Å². The first-order valence-corrected chi connectivity index (χ1v) is 10.9. The number of hydrogen-bond donors (Lipinski definition) is 3. The van der Waals surface area contributed by atoms with E-state index in [-0.39, 0.29) is 12.1 Å². The maximum Gasteiger partial charge on any atom is 0.164 e. The van der Waals surface area contributed by atoms with Crippen LogP contribution < -0.4 is 15.0 Å². The molecule has 1 aromatic carbocycles. The van der Waals surface area contributed by atoms with Gasteiger partial charge in [0.1, 0.15) is 17.1 Å². The molecule has 3 heterocycles. The first-order valence-electron chi connectivity index (χ1n) is 10.9. The van der Waals surface area contributed by atoms with Gasteiger partial charge in [-0.25, -0.2) is 9.97 Å². The van der Waals surface area contributed by atoms with Crippen molar-refractivity contribution in [1.82, 2.24) is 25.3 Å². The van der Waals surface area contributed by atoms with Gasteiger partial charge in [-0.05, 0) is 31.7 Å². The third-order valence-electron chi connectivity index (χ3n) is 6.04. The Labute approximate surface area is 180 Å². The number of nitrogens with zero attached hydrogens (tertiary/aromatic N) is 4. The minimum Gasteiger partial charge on any atom is -0.488 e. The van der Waals surface area contributed by atoms with Crippen LogP contribution in [0.4, 0.5) is 5.69 Å². The predicted octanol–water partition coefficient (Wildman–Crippen LogP) is 2.16. The Bertz CT molecular complexity index is 984. The summed E-state index contributed by atoms with van der Waals surface area (Å²) < 4.78 is 11.9. The summed E-state index contributed by atoms with van der Waals surface area (Å²) in [6, 6.07) is 4.40. The Hall–Kier alpha value is -2.75. The fourth-order valence-electron chi connectivity index (χ4n) is 4.38. The molecule has 9 heteroatoms. The number of H-pyrrole nitrogens is 1. The minimum absolute atomic E-state index is 0.115. The molecule has 3 N–H and O–H groups in total. The lowest BCUT2D eigenvalue weighted by molar-refractivity contribution is 0.0843. The molecule has 2 fully saturated rings. The highest BCUT2D eigenvalue weighted by molar-refractivity contribution is 5.85. The second-order valence-electron chi connectivity index (χ2n) is 8.10. The largest absolute Gasteiger partial charge is 0.488 e. The van der Waals surface area contributed by atoms with Crippen LogP contribution in [0, 0.1) is 0 Å². The number of aliphatic hydroxyl groups is 1. The number of imidazole rings is 1. The van der Waals surface area contributed by atoms with Crippen LogP contribution in [0.1, 0.15) is 37.7 Å². The molecule has 1 saturated heterocycles. The number of ether oxygens (including phenoxy) is 2. The van der Waals surface area contributed by atoms with Crippen molar-refractivity contribution in [2.45, 2.75) is 44.1 Å². The number of hydrogen-bond acceptors (Lipinski definition) is 8. The quantitative estimate of drug-likeness (QED) is 0.517. The summed E-state index contributed by atoms with van der Waals surface area (Å²) in [5.74, 6) is 1.34. The maximum atomic E-state index is 10.3. The van der Waals surface area contributed by atoms with Gasteiger partial charge in [0.15, 0.2) is 6.23 Å². The molecule has 5 rings (SSSR count). The second-order valence-corrected chi connectivity index (χ2v) is 8.10. The fraction of sp³-hybridized carbons (Fsp3) is 0.500. The van der Waals surface area contributed by atoms with Crippen LogP contribution in [-0.4, -0.2) is 63.5 Å². The number of aromatic nitrogens is 4. The second kappa shape index (κ2) is 9.17. The lowest BCUT2D eigenvalue weighted by Crippen LogP contribution is -2.38. The van der Waals surface area contributed by atoms with Crippen molar-refractivity contribution in [3.05, 3.63) is 42.7 Å². The minimum atomic E-state index is -0.776. The summed E-state index contributed by atoms with van der Waals surface area (Å²) in [4.78, 5) is 18.4. The monoisotopic (exact) mass is 424 g/mol. The Balaban J connectivity index is 1.26. The van der Waals surface area contributed by atoms with Gasteiger partial charge in [0.05, 0.1) is 24.8 Å². The molecule has 9 nitrogen and oxygen atoms in total. The Morgan fingerprint density at radius 3 is 2.65 bits per heavy atom. The molecule has 0 radical (unpaired) electrons. The SMILES string of the molecule is OC(NC1CCC(Oc2cc(N3CCOCC3)cc3nccnc23)CC1)c1ncc[nH]1. The number of aliphatic hydroxyl groups excluding tert-OH is 1. The molecule has 1 saturated carbocycles. The van der Waals surface area contributed by atoms with E-state index >= 15 is 0 Å². The van der Waals surface area contributed by atoms with Crippen molar-refractivity contribution in [1.29, 1.82) is 0 Å². The van der Waals surface area contributed by atoms with Crippen molar-refractivity contribution >= 4 is 16.7 Å². The third-order valence-corrected chi connectivity index (χ3v) is 6.04.